The molecule has 1 N–H and O–H groups in total. The van der Waals surface area contributed by atoms with Crippen molar-refractivity contribution < 1.29 is 38.8 Å². The number of carbonyl (C=O) groups is 1. The Morgan fingerprint density at radius 1 is 0.897 bits per heavy atom. The van der Waals surface area contributed by atoms with Gasteiger partial charge in [-0.2, -0.15) is 0 Å². The zero-order valence-electron chi connectivity index (χ0n) is 22.0. The van der Waals surface area contributed by atoms with Crippen molar-refractivity contribution in [2.45, 2.75) is 25.9 Å². The molecule has 206 valence electrons. The number of carboxylic acid groups (broad SMARTS) is 1. The Morgan fingerprint density at radius 2 is 1.59 bits per heavy atom. The third kappa shape index (κ3) is 6.75. The number of benzene rings is 2. The van der Waals surface area contributed by atoms with Gasteiger partial charge in [0.2, 0.25) is 11.2 Å². The Morgan fingerprint density at radius 3 is 2.21 bits per heavy atom. The Bertz CT molecular complexity index is 1420. The van der Waals surface area contributed by atoms with Crippen molar-refractivity contribution >= 4 is 5.97 Å². The number of rotatable bonds is 8. The van der Waals surface area contributed by atoms with Crippen LogP contribution in [0.25, 0.3) is 11.1 Å². The van der Waals surface area contributed by atoms with Crippen molar-refractivity contribution in [3.8, 4) is 34.1 Å². The fourth-order valence-corrected chi connectivity index (χ4v) is 4.36. The summed E-state index contributed by atoms with van der Waals surface area (Å²) >= 11 is 0. The number of ether oxygens (including phenoxy) is 4. The Labute approximate surface area is 224 Å². The smallest absolute Gasteiger partial charge is 0.335 e. The lowest BCUT2D eigenvalue weighted by molar-refractivity contribution is -0.763. The summed E-state index contributed by atoms with van der Waals surface area (Å²) in [5, 5.41) is 17.5. The van der Waals surface area contributed by atoms with E-state index in [1.165, 1.54) is 25.3 Å². The molecule has 11 nitrogen and oxygen atoms in total. The van der Waals surface area contributed by atoms with Gasteiger partial charge in [0.05, 0.1) is 34.0 Å². The van der Waals surface area contributed by atoms with Crippen LogP contribution in [0.3, 0.4) is 0 Å². The van der Waals surface area contributed by atoms with Gasteiger partial charge in [0, 0.05) is 5.56 Å². The number of fused-ring (bicyclic) bond motifs is 3. The summed E-state index contributed by atoms with van der Waals surface area (Å²) < 4.78 is 21.9. The second-order valence-electron chi connectivity index (χ2n) is 8.38. The molecule has 1 aliphatic rings. The van der Waals surface area contributed by atoms with Crippen LogP contribution in [-0.4, -0.2) is 44.6 Å². The summed E-state index contributed by atoms with van der Waals surface area (Å²) in [6.45, 7) is -0.242. The van der Waals surface area contributed by atoms with Gasteiger partial charge < -0.3 is 28.9 Å². The monoisotopic (exact) mass is 539 g/mol. The summed E-state index contributed by atoms with van der Waals surface area (Å²) in [5.41, 5.74) is 4.42. The highest BCUT2D eigenvalue weighted by molar-refractivity contribution is 5.87. The molecule has 11 heteroatoms. The van der Waals surface area contributed by atoms with E-state index in [4.69, 9.17) is 24.1 Å². The fraction of sp³-hybridized carbons (Fsp3) is 0.286. The van der Waals surface area contributed by atoms with Gasteiger partial charge in [-0.05, 0) is 71.8 Å². The second kappa shape index (κ2) is 13.1. The van der Waals surface area contributed by atoms with Crippen molar-refractivity contribution in [2.24, 2.45) is 0 Å². The maximum Gasteiger partial charge on any atom is 0.335 e. The average molecular weight is 540 g/mol. The Hall–Kier alpha value is -4.80. The molecule has 0 atom stereocenters. The number of carboxylic acids is 1. The van der Waals surface area contributed by atoms with Gasteiger partial charge in [0.15, 0.2) is 17.2 Å². The fourth-order valence-electron chi connectivity index (χ4n) is 4.36. The first kappa shape index (κ1) is 28.8. The minimum Gasteiger partial charge on any atom is -0.493 e. The topological polar surface area (TPSA) is 144 Å². The van der Waals surface area contributed by atoms with E-state index in [9.17, 15) is 19.7 Å². The molecule has 0 radical (unpaired) electrons. The lowest BCUT2D eigenvalue weighted by Crippen LogP contribution is -2.02. The number of nitrogens with zero attached hydrogens (tertiary/aromatic N) is 1. The van der Waals surface area contributed by atoms with Crippen LogP contribution in [0.4, 0.5) is 0 Å². The lowest BCUT2D eigenvalue weighted by Gasteiger charge is -2.19. The molecule has 0 saturated heterocycles. The van der Waals surface area contributed by atoms with E-state index in [0.717, 1.165) is 41.5 Å². The second-order valence-corrected chi connectivity index (χ2v) is 8.38. The van der Waals surface area contributed by atoms with Gasteiger partial charge >= 0.3 is 5.97 Å². The van der Waals surface area contributed by atoms with E-state index in [0.29, 0.717) is 28.6 Å². The minimum absolute atomic E-state index is 0.0782. The van der Waals surface area contributed by atoms with E-state index >= 15 is 0 Å². The van der Waals surface area contributed by atoms with Crippen LogP contribution in [0.2, 0.25) is 0 Å². The number of methoxy groups -OCH3 is 4. The molecular weight excluding hydrogens is 510 g/mol. The van der Waals surface area contributed by atoms with Crippen molar-refractivity contribution in [2.75, 3.05) is 28.4 Å². The normalized spacial score (nSPS) is 11.4. The van der Waals surface area contributed by atoms with Crippen molar-refractivity contribution in [3.63, 3.8) is 0 Å². The number of aryl methyl sites for hydroxylation is 2. The van der Waals surface area contributed by atoms with Crippen LogP contribution in [0.15, 0.2) is 53.3 Å². The van der Waals surface area contributed by atoms with Crippen LogP contribution in [0.1, 0.15) is 33.5 Å². The van der Waals surface area contributed by atoms with E-state index in [1.807, 2.05) is 12.1 Å². The van der Waals surface area contributed by atoms with Crippen molar-refractivity contribution in [3.05, 3.63) is 91.1 Å². The van der Waals surface area contributed by atoms with Crippen LogP contribution >= 0.6 is 0 Å². The highest BCUT2D eigenvalue weighted by Gasteiger charge is 2.25. The van der Waals surface area contributed by atoms with Gasteiger partial charge in [0.25, 0.3) is 5.09 Å². The minimum atomic E-state index is -1.08. The largest absolute Gasteiger partial charge is 0.493 e. The lowest BCUT2D eigenvalue weighted by atomic mass is 9.96. The van der Waals surface area contributed by atoms with Gasteiger partial charge in [-0.1, -0.05) is 18.2 Å². The van der Waals surface area contributed by atoms with Crippen LogP contribution in [-0.2, 0) is 24.3 Å². The Balaban J connectivity index is 0.000000255. The SMILES string of the molecule is COc1cc2c(c(OC)c1OC)-c1ccc(OC)c(=O)cc1CCC2.O=C(O)c1cccc(CO[N+](=O)[O-])c1. The third-order valence-corrected chi connectivity index (χ3v) is 6.10. The van der Waals surface area contributed by atoms with Crippen molar-refractivity contribution in [1.29, 1.82) is 0 Å². The van der Waals surface area contributed by atoms with Crippen LogP contribution in [0.5, 0.6) is 23.0 Å². The zero-order chi connectivity index (χ0) is 28.5. The summed E-state index contributed by atoms with van der Waals surface area (Å²) in [6.07, 6.45) is 2.62. The first-order valence-corrected chi connectivity index (χ1v) is 11.9. The maximum atomic E-state index is 12.3. The van der Waals surface area contributed by atoms with Gasteiger partial charge in [-0.25, -0.2) is 4.79 Å². The molecule has 0 aromatic heterocycles. The molecule has 3 aromatic carbocycles. The average Bonchev–Trinajstić information content (AvgIpc) is 3.19. The molecule has 0 spiro atoms. The zero-order valence-corrected chi connectivity index (χ0v) is 22.0. The van der Waals surface area contributed by atoms with Gasteiger partial charge in [0.1, 0.15) is 6.61 Å². The predicted octanol–water partition coefficient (Wildman–Crippen LogP) is 4.33. The summed E-state index contributed by atoms with van der Waals surface area (Å²) in [7, 11) is 6.33. The molecule has 0 aliphatic heterocycles. The van der Waals surface area contributed by atoms with Crippen LogP contribution in [0, 0.1) is 10.1 Å². The molecule has 0 saturated carbocycles. The molecule has 3 aromatic rings. The molecule has 4 rings (SSSR count). The number of aromatic carboxylic acids is 1. The summed E-state index contributed by atoms with van der Waals surface area (Å²) in [6, 6.07) is 13.1. The number of hydrogen-bond donors (Lipinski definition) is 1. The molecular formula is C28H29NO10. The number of hydrogen-bond acceptors (Lipinski definition) is 9. The summed E-state index contributed by atoms with van der Waals surface area (Å²) in [4.78, 5) is 36.8. The van der Waals surface area contributed by atoms with Gasteiger partial charge in [-0.15, -0.1) is 10.1 Å². The van der Waals surface area contributed by atoms with E-state index in [2.05, 4.69) is 4.84 Å². The molecule has 39 heavy (non-hydrogen) atoms. The third-order valence-electron chi connectivity index (χ3n) is 6.10. The van der Waals surface area contributed by atoms with E-state index in [1.54, 1.807) is 39.5 Å². The van der Waals surface area contributed by atoms with E-state index < -0.39 is 11.1 Å². The summed E-state index contributed by atoms with van der Waals surface area (Å²) in [5.74, 6) is 1.07. The highest BCUT2D eigenvalue weighted by atomic mass is 16.9. The molecule has 0 fully saturated rings. The Kier molecular flexibility index (Phi) is 9.69. The van der Waals surface area contributed by atoms with Crippen LogP contribution < -0.4 is 24.4 Å². The molecule has 0 heterocycles. The molecule has 0 bridgehead atoms. The maximum absolute atomic E-state index is 12.3. The standard InChI is InChI=1S/C20H22O5.C8H7NO5/c1-22-16-9-8-14-12(10-15(16)21)6-5-7-13-11-17(23-2)19(24-3)20(25-4)18(13)14;10-8(11)7-3-1-2-6(4-7)5-14-9(12)13/h8-11H,5-7H2,1-4H3;1-4H,5H2,(H,10,11). The van der Waals surface area contributed by atoms with E-state index in [-0.39, 0.29) is 17.6 Å². The first-order valence-electron chi connectivity index (χ1n) is 11.9. The highest BCUT2D eigenvalue weighted by Crippen LogP contribution is 2.48. The molecule has 1 aliphatic carbocycles. The molecule has 0 unspecified atom stereocenters. The molecule has 0 amide bonds. The predicted molar refractivity (Wildman–Crippen MR) is 142 cm³/mol. The van der Waals surface area contributed by atoms with Crippen molar-refractivity contribution in [1.82, 2.24) is 0 Å². The van der Waals surface area contributed by atoms with Gasteiger partial charge in [-0.3, -0.25) is 4.79 Å². The quantitative estimate of drug-likeness (QED) is 0.324. The first-order chi connectivity index (χ1) is 18.7.